The van der Waals surface area contributed by atoms with Gasteiger partial charge in [-0.3, -0.25) is 14.9 Å². The van der Waals surface area contributed by atoms with Gasteiger partial charge >= 0.3 is 0 Å². The van der Waals surface area contributed by atoms with Crippen molar-refractivity contribution in [1.29, 1.82) is 0 Å². The van der Waals surface area contributed by atoms with Crippen molar-refractivity contribution in [2.45, 2.75) is 32.4 Å². The number of hydrogen-bond acceptors (Lipinski definition) is 5. The van der Waals surface area contributed by atoms with Crippen LogP contribution in [0.3, 0.4) is 0 Å². The molecule has 0 radical (unpaired) electrons. The van der Waals surface area contributed by atoms with Gasteiger partial charge < -0.3 is 15.2 Å². The molecular formula is C14H18N2O5. The number of nitro benzene ring substituents is 1. The third-order valence-electron chi connectivity index (χ3n) is 3.95. The number of rotatable bonds is 5. The molecule has 1 aromatic carbocycles. The zero-order valence-corrected chi connectivity index (χ0v) is 11.9. The van der Waals surface area contributed by atoms with Crippen molar-refractivity contribution in [3.8, 4) is 5.75 Å². The summed E-state index contributed by atoms with van der Waals surface area (Å²) in [5.41, 5.74) is -0.433. The lowest BCUT2D eigenvalue weighted by Gasteiger charge is -2.49. The summed E-state index contributed by atoms with van der Waals surface area (Å²) in [6.07, 6.45) is 0.107. The number of nitro groups is 1. The van der Waals surface area contributed by atoms with E-state index in [1.54, 1.807) is 6.07 Å². The van der Waals surface area contributed by atoms with Crippen LogP contribution in [0.1, 0.15) is 20.3 Å². The molecule has 21 heavy (non-hydrogen) atoms. The van der Waals surface area contributed by atoms with Gasteiger partial charge in [-0.2, -0.15) is 0 Å². The lowest BCUT2D eigenvalue weighted by molar-refractivity contribution is -0.384. The van der Waals surface area contributed by atoms with Crippen LogP contribution in [0.25, 0.3) is 0 Å². The van der Waals surface area contributed by atoms with Gasteiger partial charge in [0.1, 0.15) is 5.75 Å². The molecule has 1 saturated carbocycles. The van der Waals surface area contributed by atoms with E-state index >= 15 is 0 Å². The summed E-state index contributed by atoms with van der Waals surface area (Å²) in [5, 5.41) is 23.0. The summed E-state index contributed by atoms with van der Waals surface area (Å²) in [7, 11) is 0. The average molecular weight is 294 g/mol. The summed E-state index contributed by atoms with van der Waals surface area (Å²) in [6, 6.07) is 5.58. The van der Waals surface area contributed by atoms with Gasteiger partial charge in [0.2, 0.25) is 0 Å². The quantitative estimate of drug-likeness (QED) is 0.628. The molecule has 7 heteroatoms. The van der Waals surface area contributed by atoms with E-state index < -0.39 is 11.0 Å². The Morgan fingerprint density at radius 2 is 2.29 bits per heavy atom. The minimum atomic E-state index is -0.523. The maximum Gasteiger partial charge on any atom is 0.273 e. The molecule has 1 aliphatic carbocycles. The molecule has 1 aromatic rings. The van der Waals surface area contributed by atoms with E-state index in [1.807, 2.05) is 13.8 Å². The number of carbonyl (C=O) groups is 1. The van der Waals surface area contributed by atoms with Gasteiger partial charge in [-0.1, -0.05) is 19.9 Å². The Balaban J connectivity index is 1.85. The van der Waals surface area contributed by atoms with E-state index in [-0.39, 0.29) is 35.4 Å². The predicted molar refractivity (Wildman–Crippen MR) is 74.9 cm³/mol. The fourth-order valence-corrected chi connectivity index (χ4v) is 2.22. The predicted octanol–water partition coefficient (Wildman–Crippen LogP) is 1.25. The number of benzene rings is 1. The van der Waals surface area contributed by atoms with Gasteiger partial charge in [0, 0.05) is 17.5 Å². The van der Waals surface area contributed by atoms with Crippen LogP contribution in [0.2, 0.25) is 0 Å². The Morgan fingerprint density at radius 1 is 1.57 bits per heavy atom. The van der Waals surface area contributed by atoms with Crippen LogP contribution >= 0.6 is 0 Å². The Labute approximate surface area is 122 Å². The van der Waals surface area contributed by atoms with E-state index in [4.69, 9.17) is 4.74 Å². The maximum absolute atomic E-state index is 11.8. The number of non-ortho nitro benzene ring substituents is 1. The summed E-state index contributed by atoms with van der Waals surface area (Å²) in [6.45, 7) is 3.55. The second-order valence-corrected chi connectivity index (χ2v) is 5.74. The van der Waals surface area contributed by atoms with Crippen molar-refractivity contribution in [3.05, 3.63) is 34.4 Å². The molecule has 0 aliphatic heterocycles. The first-order valence-electron chi connectivity index (χ1n) is 6.65. The van der Waals surface area contributed by atoms with Crippen LogP contribution in [0.5, 0.6) is 5.75 Å². The van der Waals surface area contributed by atoms with Crippen LogP contribution in [0, 0.1) is 15.5 Å². The Hall–Kier alpha value is -2.15. The highest BCUT2D eigenvalue weighted by Gasteiger charge is 2.47. The van der Waals surface area contributed by atoms with Crippen molar-refractivity contribution in [2.75, 3.05) is 6.61 Å². The summed E-state index contributed by atoms with van der Waals surface area (Å²) in [4.78, 5) is 21.9. The van der Waals surface area contributed by atoms with Crippen molar-refractivity contribution >= 4 is 11.6 Å². The van der Waals surface area contributed by atoms with Crippen LogP contribution in [0.15, 0.2) is 24.3 Å². The molecule has 0 spiro atoms. The lowest BCUT2D eigenvalue weighted by Crippen LogP contribution is -2.61. The number of nitrogens with one attached hydrogen (secondary N) is 1. The molecule has 0 bridgehead atoms. The molecule has 1 amide bonds. The van der Waals surface area contributed by atoms with Gasteiger partial charge in [0.05, 0.1) is 17.1 Å². The highest BCUT2D eigenvalue weighted by Crippen LogP contribution is 2.40. The third-order valence-corrected chi connectivity index (χ3v) is 3.95. The highest BCUT2D eigenvalue weighted by atomic mass is 16.6. The van der Waals surface area contributed by atoms with E-state index in [1.165, 1.54) is 18.2 Å². The molecule has 0 saturated heterocycles. The Morgan fingerprint density at radius 3 is 2.86 bits per heavy atom. The Bertz CT molecular complexity index is 558. The molecule has 0 aromatic heterocycles. The van der Waals surface area contributed by atoms with Gasteiger partial charge in [0.15, 0.2) is 6.61 Å². The molecule has 2 N–H and O–H groups in total. The van der Waals surface area contributed by atoms with E-state index in [2.05, 4.69) is 5.32 Å². The van der Waals surface area contributed by atoms with Crippen molar-refractivity contribution in [3.63, 3.8) is 0 Å². The standard InChI is InChI=1S/C14H18N2O5/c1-14(2)11(7-12(14)17)15-13(18)8-21-10-5-3-4-9(6-10)16(19)20/h3-6,11-12,17H,7-8H2,1-2H3,(H,15,18). The number of aliphatic hydroxyl groups is 1. The third kappa shape index (κ3) is 3.30. The number of amides is 1. The van der Waals surface area contributed by atoms with E-state index in [0.717, 1.165) is 0 Å². The number of aliphatic hydroxyl groups excluding tert-OH is 1. The lowest BCUT2D eigenvalue weighted by atomic mass is 9.64. The molecule has 114 valence electrons. The minimum absolute atomic E-state index is 0.0869. The first-order chi connectivity index (χ1) is 9.80. The van der Waals surface area contributed by atoms with Crippen molar-refractivity contribution in [2.24, 2.45) is 5.41 Å². The highest BCUT2D eigenvalue weighted by molar-refractivity contribution is 5.78. The Kier molecular flexibility index (Phi) is 4.13. The summed E-state index contributed by atoms with van der Waals surface area (Å²) in [5.74, 6) is -0.0428. The average Bonchev–Trinajstić information content (AvgIpc) is 2.45. The molecule has 2 unspecified atom stereocenters. The van der Waals surface area contributed by atoms with E-state index in [9.17, 15) is 20.0 Å². The number of nitrogens with zero attached hydrogens (tertiary/aromatic N) is 1. The van der Waals surface area contributed by atoms with Crippen LogP contribution < -0.4 is 10.1 Å². The van der Waals surface area contributed by atoms with Crippen LogP contribution in [0.4, 0.5) is 5.69 Å². The minimum Gasteiger partial charge on any atom is -0.484 e. The zero-order chi connectivity index (χ0) is 15.6. The van der Waals surface area contributed by atoms with Gasteiger partial charge in [-0.25, -0.2) is 0 Å². The van der Waals surface area contributed by atoms with Crippen molar-refractivity contribution in [1.82, 2.24) is 5.32 Å². The molecule has 1 fully saturated rings. The smallest absolute Gasteiger partial charge is 0.273 e. The second kappa shape index (κ2) is 5.69. The molecular weight excluding hydrogens is 276 g/mol. The zero-order valence-electron chi connectivity index (χ0n) is 11.9. The fourth-order valence-electron chi connectivity index (χ4n) is 2.22. The topological polar surface area (TPSA) is 102 Å². The number of hydrogen-bond donors (Lipinski definition) is 2. The van der Waals surface area contributed by atoms with Crippen LogP contribution in [-0.2, 0) is 4.79 Å². The second-order valence-electron chi connectivity index (χ2n) is 5.74. The molecule has 1 aliphatic rings. The fraction of sp³-hybridized carbons (Fsp3) is 0.500. The van der Waals surface area contributed by atoms with Gasteiger partial charge in [-0.15, -0.1) is 0 Å². The first-order valence-corrected chi connectivity index (χ1v) is 6.65. The summed E-state index contributed by atoms with van der Waals surface area (Å²) < 4.78 is 5.24. The van der Waals surface area contributed by atoms with Crippen LogP contribution in [-0.4, -0.2) is 34.7 Å². The maximum atomic E-state index is 11.8. The molecule has 0 heterocycles. The first kappa shape index (κ1) is 15.2. The van der Waals surface area contributed by atoms with Crippen molar-refractivity contribution < 1.29 is 19.6 Å². The molecule has 2 atom stereocenters. The number of carbonyl (C=O) groups excluding carboxylic acids is 1. The van der Waals surface area contributed by atoms with Gasteiger partial charge in [0.25, 0.3) is 11.6 Å². The molecule has 2 rings (SSSR count). The summed E-state index contributed by atoms with van der Waals surface area (Å²) >= 11 is 0. The largest absolute Gasteiger partial charge is 0.484 e. The van der Waals surface area contributed by atoms with Gasteiger partial charge in [-0.05, 0) is 12.5 Å². The van der Waals surface area contributed by atoms with E-state index in [0.29, 0.717) is 6.42 Å². The monoisotopic (exact) mass is 294 g/mol. The molecule has 7 nitrogen and oxygen atoms in total. The number of ether oxygens (including phenoxy) is 1. The SMILES string of the molecule is CC1(C)C(O)CC1NC(=O)COc1cccc([N+](=O)[O-])c1. The normalized spacial score (nSPS) is 23.0.